The Kier molecular flexibility index (Phi) is 4.78. The number of rotatable bonds is 6. The van der Waals surface area contributed by atoms with E-state index in [0.717, 1.165) is 28.8 Å². The van der Waals surface area contributed by atoms with Gasteiger partial charge in [-0.25, -0.2) is 4.98 Å². The van der Waals surface area contributed by atoms with Crippen LogP contribution in [0.3, 0.4) is 0 Å². The molecular formula is C13H15BrN2O2. The summed E-state index contributed by atoms with van der Waals surface area (Å²) in [5.74, 6) is 0.727. The van der Waals surface area contributed by atoms with Gasteiger partial charge >= 0.3 is 0 Å². The number of aryl methyl sites for hydroxylation is 1. The number of para-hydroxylation sites is 1. The Morgan fingerprint density at radius 1 is 1.39 bits per heavy atom. The minimum Gasteiger partial charge on any atom is -0.492 e. The van der Waals surface area contributed by atoms with Crippen LogP contribution in [0.2, 0.25) is 0 Å². The van der Waals surface area contributed by atoms with Gasteiger partial charge in [0, 0.05) is 24.5 Å². The van der Waals surface area contributed by atoms with Crippen LogP contribution in [-0.4, -0.2) is 21.3 Å². The monoisotopic (exact) mass is 310 g/mol. The number of aromatic nitrogens is 2. The molecule has 0 spiro atoms. The summed E-state index contributed by atoms with van der Waals surface area (Å²) in [6, 6.07) is 5.65. The number of ether oxygens (including phenoxy) is 1. The maximum atomic E-state index is 9.24. The number of hydrogen-bond donors (Lipinski definition) is 1. The molecule has 0 bridgehead atoms. The Bertz CT molecular complexity index is 486. The second-order valence-electron chi connectivity index (χ2n) is 3.89. The third-order valence-electron chi connectivity index (χ3n) is 2.59. The molecule has 0 aliphatic heterocycles. The summed E-state index contributed by atoms with van der Waals surface area (Å²) in [6.45, 7) is 1.46. The van der Waals surface area contributed by atoms with Gasteiger partial charge in [0.2, 0.25) is 0 Å². The van der Waals surface area contributed by atoms with Crippen LogP contribution in [0.5, 0.6) is 5.75 Å². The van der Waals surface area contributed by atoms with Crippen molar-refractivity contribution >= 4 is 15.9 Å². The van der Waals surface area contributed by atoms with Crippen LogP contribution in [0.15, 0.2) is 41.4 Å². The molecule has 0 saturated heterocycles. The smallest absolute Gasteiger partial charge is 0.138 e. The lowest BCUT2D eigenvalue weighted by atomic mass is 10.2. The maximum absolute atomic E-state index is 9.24. The fourth-order valence-electron chi connectivity index (χ4n) is 1.68. The molecular weight excluding hydrogens is 296 g/mol. The van der Waals surface area contributed by atoms with Crippen molar-refractivity contribution < 1.29 is 9.84 Å². The van der Waals surface area contributed by atoms with E-state index in [2.05, 4.69) is 20.9 Å². The van der Waals surface area contributed by atoms with Crippen molar-refractivity contribution in [2.45, 2.75) is 19.6 Å². The average Bonchev–Trinajstić information content (AvgIpc) is 2.89. The summed E-state index contributed by atoms with van der Waals surface area (Å²) >= 11 is 3.43. The first-order valence-electron chi connectivity index (χ1n) is 5.78. The molecule has 0 radical (unpaired) electrons. The van der Waals surface area contributed by atoms with Gasteiger partial charge in [-0.3, -0.25) is 0 Å². The summed E-state index contributed by atoms with van der Waals surface area (Å²) in [6.07, 6.45) is 6.37. The normalized spacial score (nSPS) is 10.6. The van der Waals surface area contributed by atoms with Crippen molar-refractivity contribution in [1.29, 1.82) is 0 Å². The van der Waals surface area contributed by atoms with Crippen LogP contribution in [0.1, 0.15) is 12.0 Å². The molecule has 1 heterocycles. The minimum absolute atomic E-state index is 0.0176. The summed E-state index contributed by atoms with van der Waals surface area (Å²) in [5.41, 5.74) is 0.798. The number of imidazole rings is 1. The summed E-state index contributed by atoms with van der Waals surface area (Å²) in [4.78, 5) is 3.98. The van der Waals surface area contributed by atoms with Gasteiger partial charge in [0.1, 0.15) is 5.75 Å². The molecule has 0 aliphatic carbocycles. The van der Waals surface area contributed by atoms with Crippen LogP contribution in [-0.2, 0) is 13.2 Å². The molecule has 0 aliphatic rings. The van der Waals surface area contributed by atoms with Crippen molar-refractivity contribution in [1.82, 2.24) is 9.55 Å². The van der Waals surface area contributed by atoms with Gasteiger partial charge in [-0.1, -0.05) is 12.1 Å². The molecule has 1 N–H and O–H groups in total. The van der Waals surface area contributed by atoms with E-state index < -0.39 is 0 Å². The molecule has 0 saturated carbocycles. The fraction of sp³-hybridized carbons (Fsp3) is 0.308. The van der Waals surface area contributed by atoms with Gasteiger partial charge in [0.15, 0.2) is 0 Å². The molecule has 0 unspecified atom stereocenters. The average molecular weight is 311 g/mol. The summed E-state index contributed by atoms with van der Waals surface area (Å²) in [7, 11) is 0. The quantitative estimate of drug-likeness (QED) is 0.834. The second kappa shape index (κ2) is 6.56. The first-order chi connectivity index (χ1) is 8.81. The third kappa shape index (κ3) is 3.34. The zero-order valence-electron chi connectivity index (χ0n) is 9.92. The molecule has 96 valence electrons. The van der Waals surface area contributed by atoms with Gasteiger partial charge in [0.25, 0.3) is 0 Å². The third-order valence-corrected chi connectivity index (χ3v) is 3.21. The fourth-order valence-corrected chi connectivity index (χ4v) is 2.20. The number of hydrogen-bond acceptors (Lipinski definition) is 3. The van der Waals surface area contributed by atoms with E-state index in [4.69, 9.17) is 4.74 Å². The number of aliphatic hydroxyl groups is 1. The van der Waals surface area contributed by atoms with Crippen molar-refractivity contribution in [3.05, 3.63) is 47.0 Å². The van der Waals surface area contributed by atoms with Crippen LogP contribution in [0.4, 0.5) is 0 Å². The topological polar surface area (TPSA) is 47.3 Å². The number of benzene rings is 1. The lowest BCUT2D eigenvalue weighted by Crippen LogP contribution is -2.05. The Balaban J connectivity index is 1.86. The van der Waals surface area contributed by atoms with Gasteiger partial charge < -0.3 is 14.4 Å². The molecule has 5 heteroatoms. The van der Waals surface area contributed by atoms with Gasteiger partial charge in [-0.15, -0.1) is 0 Å². The Labute approximate surface area is 114 Å². The predicted molar refractivity (Wildman–Crippen MR) is 72.4 cm³/mol. The molecule has 2 rings (SSSR count). The first-order valence-corrected chi connectivity index (χ1v) is 6.57. The van der Waals surface area contributed by atoms with Gasteiger partial charge in [-0.05, 0) is 28.4 Å². The standard InChI is InChI=1S/C13H15BrN2O2/c14-12-4-1-3-11(9-17)13(12)18-8-2-6-16-7-5-15-10-16/h1,3-5,7,10,17H,2,6,8-9H2. The zero-order valence-corrected chi connectivity index (χ0v) is 11.5. The number of nitrogens with zero attached hydrogens (tertiary/aromatic N) is 2. The molecule has 1 aromatic heterocycles. The van der Waals surface area contributed by atoms with E-state index in [1.807, 2.05) is 29.0 Å². The van der Waals surface area contributed by atoms with Crippen LogP contribution >= 0.6 is 15.9 Å². The van der Waals surface area contributed by atoms with Crippen molar-refractivity contribution in [2.24, 2.45) is 0 Å². The highest BCUT2D eigenvalue weighted by Gasteiger charge is 2.06. The molecule has 0 atom stereocenters. The van der Waals surface area contributed by atoms with Crippen molar-refractivity contribution in [3.63, 3.8) is 0 Å². The van der Waals surface area contributed by atoms with Gasteiger partial charge in [-0.2, -0.15) is 0 Å². The van der Waals surface area contributed by atoms with Crippen LogP contribution < -0.4 is 4.74 Å². The van der Waals surface area contributed by atoms with E-state index in [1.165, 1.54) is 0 Å². The first kappa shape index (κ1) is 13.1. The Morgan fingerprint density at radius 2 is 2.28 bits per heavy atom. The van der Waals surface area contributed by atoms with E-state index in [0.29, 0.717) is 6.61 Å². The zero-order chi connectivity index (χ0) is 12.8. The lowest BCUT2D eigenvalue weighted by molar-refractivity contribution is 0.258. The highest BCUT2D eigenvalue weighted by Crippen LogP contribution is 2.29. The number of aliphatic hydroxyl groups excluding tert-OH is 1. The Morgan fingerprint density at radius 3 is 3.00 bits per heavy atom. The molecule has 2 aromatic rings. The molecule has 4 nitrogen and oxygen atoms in total. The highest BCUT2D eigenvalue weighted by molar-refractivity contribution is 9.10. The minimum atomic E-state index is -0.0176. The van der Waals surface area contributed by atoms with Crippen molar-refractivity contribution in [3.8, 4) is 5.75 Å². The second-order valence-corrected chi connectivity index (χ2v) is 4.74. The maximum Gasteiger partial charge on any atom is 0.138 e. The predicted octanol–water partition coefficient (Wildman–Crippen LogP) is 2.61. The van der Waals surface area contributed by atoms with E-state index in [9.17, 15) is 5.11 Å². The number of halogens is 1. The van der Waals surface area contributed by atoms with E-state index >= 15 is 0 Å². The summed E-state index contributed by atoms with van der Waals surface area (Å²) < 4.78 is 8.60. The van der Waals surface area contributed by atoms with Gasteiger partial charge in [0.05, 0.1) is 24.0 Å². The SMILES string of the molecule is OCc1cccc(Br)c1OCCCn1ccnc1. The molecule has 0 fully saturated rings. The lowest BCUT2D eigenvalue weighted by Gasteiger charge is -2.12. The van der Waals surface area contributed by atoms with Crippen LogP contribution in [0, 0.1) is 0 Å². The summed E-state index contributed by atoms with van der Waals surface area (Å²) in [5, 5.41) is 9.24. The van der Waals surface area contributed by atoms with Crippen LogP contribution in [0.25, 0.3) is 0 Å². The molecule has 0 amide bonds. The highest BCUT2D eigenvalue weighted by atomic mass is 79.9. The van der Waals surface area contributed by atoms with Crippen molar-refractivity contribution in [2.75, 3.05) is 6.61 Å². The molecule has 1 aromatic carbocycles. The Hall–Kier alpha value is -1.33. The van der Waals surface area contributed by atoms with E-state index in [-0.39, 0.29) is 6.61 Å². The van der Waals surface area contributed by atoms with E-state index in [1.54, 1.807) is 12.5 Å². The largest absolute Gasteiger partial charge is 0.492 e. The molecule has 18 heavy (non-hydrogen) atoms.